The summed E-state index contributed by atoms with van der Waals surface area (Å²) in [5.74, 6) is 0.674. The molecule has 0 radical (unpaired) electrons. The number of hydrogen-bond acceptors (Lipinski definition) is 4. The van der Waals surface area contributed by atoms with Gasteiger partial charge in [-0.25, -0.2) is 0 Å². The van der Waals surface area contributed by atoms with E-state index >= 15 is 0 Å². The van der Waals surface area contributed by atoms with Crippen molar-refractivity contribution in [1.29, 1.82) is 0 Å². The lowest BCUT2D eigenvalue weighted by atomic mass is 9.90. The minimum atomic E-state index is -0.390. The second-order valence-corrected chi connectivity index (χ2v) is 5.37. The molecule has 1 rings (SSSR count). The molecule has 0 aliphatic heterocycles. The maximum absolute atomic E-state index is 10.8. The van der Waals surface area contributed by atoms with E-state index in [9.17, 15) is 10.1 Å². The predicted octanol–water partition coefficient (Wildman–Crippen LogP) is 3.13. The average molecular weight is 266 g/mol. The topological polar surface area (TPSA) is 64.4 Å². The summed E-state index contributed by atoms with van der Waals surface area (Å²) in [6, 6.07) is 4.66. The lowest BCUT2D eigenvalue weighted by Gasteiger charge is -2.23. The Morgan fingerprint density at radius 1 is 1.42 bits per heavy atom. The molecular formula is C14H22N2O3. The molecule has 0 aliphatic carbocycles. The molecule has 0 aromatic heterocycles. The molecule has 0 bridgehead atoms. The molecule has 0 fully saturated rings. The maximum atomic E-state index is 10.8. The zero-order valence-corrected chi connectivity index (χ0v) is 12.0. The Hall–Kier alpha value is -1.62. The van der Waals surface area contributed by atoms with E-state index in [-0.39, 0.29) is 16.0 Å². The van der Waals surface area contributed by atoms with Crippen molar-refractivity contribution in [3.8, 4) is 5.75 Å². The van der Waals surface area contributed by atoms with Gasteiger partial charge in [0.2, 0.25) is 0 Å². The summed E-state index contributed by atoms with van der Waals surface area (Å²) in [6.07, 6.45) is 1.08. The van der Waals surface area contributed by atoms with E-state index in [2.05, 4.69) is 26.1 Å². The molecule has 19 heavy (non-hydrogen) atoms. The van der Waals surface area contributed by atoms with E-state index in [1.807, 2.05) is 0 Å². The van der Waals surface area contributed by atoms with E-state index in [0.717, 1.165) is 18.5 Å². The highest BCUT2D eigenvalue weighted by atomic mass is 16.6. The molecule has 0 spiro atoms. The van der Waals surface area contributed by atoms with E-state index in [4.69, 9.17) is 4.74 Å². The molecule has 0 unspecified atom stereocenters. The van der Waals surface area contributed by atoms with E-state index in [1.165, 1.54) is 6.07 Å². The van der Waals surface area contributed by atoms with Gasteiger partial charge < -0.3 is 10.1 Å². The number of hydrogen-bond donors (Lipinski definition) is 1. The second kappa shape index (κ2) is 6.52. The molecular weight excluding hydrogens is 244 g/mol. The Labute approximate surface area is 114 Å². The SMILES string of the molecule is CCC(C)(C)CNCc1cc([N+](=O)[O-])ccc1OC. The number of nitro groups is 1. The first-order valence-electron chi connectivity index (χ1n) is 6.41. The first-order valence-corrected chi connectivity index (χ1v) is 6.41. The Morgan fingerprint density at radius 2 is 2.11 bits per heavy atom. The lowest BCUT2D eigenvalue weighted by molar-refractivity contribution is -0.384. The zero-order valence-electron chi connectivity index (χ0n) is 12.0. The predicted molar refractivity (Wildman–Crippen MR) is 75.4 cm³/mol. The van der Waals surface area contributed by atoms with Crippen LogP contribution in [0.5, 0.6) is 5.75 Å². The van der Waals surface area contributed by atoms with E-state index in [1.54, 1.807) is 19.2 Å². The van der Waals surface area contributed by atoms with Crippen molar-refractivity contribution in [3.63, 3.8) is 0 Å². The smallest absolute Gasteiger partial charge is 0.270 e. The third-order valence-corrected chi connectivity index (χ3v) is 3.35. The highest BCUT2D eigenvalue weighted by Crippen LogP contribution is 2.24. The molecule has 0 amide bonds. The van der Waals surface area contributed by atoms with Gasteiger partial charge in [0.05, 0.1) is 12.0 Å². The average Bonchev–Trinajstić information content (AvgIpc) is 2.38. The number of nitrogens with zero attached hydrogens (tertiary/aromatic N) is 1. The summed E-state index contributed by atoms with van der Waals surface area (Å²) >= 11 is 0. The van der Waals surface area contributed by atoms with Gasteiger partial charge in [-0.2, -0.15) is 0 Å². The van der Waals surface area contributed by atoms with Crippen molar-refractivity contribution in [2.45, 2.75) is 33.7 Å². The number of benzene rings is 1. The normalized spacial score (nSPS) is 11.4. The number of nitrogens with one attached hydrogen (secondary N) is 1. The Bertz CT molecular complexity index is 444. The first kappa shape index (κ1) is 15.4. The number of non-ortho nitro benzene ring substituents is 1. The van der Waals surface area contributed by atoms with Crippen LogP contribution in [0.1, 0.15) is 32.8 Å². The minimum Gasteiger partial charge on any atom is -0.496 e. The number of methoxy groups -OCH3 is 1. The molecule has 1 N–H and O–H groups in total. The summed E-state index contributed by atoms with van der Waals surface area (Å²) in [6.45, 7) is 7.94. The molecule has 5 nitrogen and oxygen atoms in total. The van der Waals surface area contributed by atoms with Gasteiger partial charge in [0, 0.05) is 30.8 Å². The van der Waals surface area contributed by atoms with Crippen molar-refractivity contribution < 1.29 is 9.66 Å². The third kappa shape index (κ3) is 4.52. The Kier molecular flexibility index (Phi) is 5.30. The summed E-state index contributed by atoms with van der Waals surface area (Å²) in [5, 5.41) is 14.1. The molecule has 0 aliphatic rings. The molecule has 0 saturated heterocycles. The fourth-order valence-corrected chi connectivity index (χ4v) is 1.68. The van der Waals surface area contributed by atoms with Crippen LogP contribution in [0, 0.1) is 15.5 Å². The van der Waals surface area contributed by atoms with Crippen molar-refractivity contribution in [3.05, 3.63) is 33.9 Å². The van der Waals surface area contributed by atoms with Gasteiger partial charge in [0.25, 0.3) is 5.69 Å². The van der Waals surface area contributed by atoms with Crippen LogP contribution in [0.25, 0.3) is 0 Å². The summed E-state index contributed by atoms with van der Waals surface area (Å²) < 4.78 is 5.23. The van der Waals surface area contributed by atoms with Crippen LogP contribution in [0.4, 0.5) is 5.69 Å². The van der Waals surface area contributed by atoms with Gasteiger partial charge in [-0.15, -0.1) is 0 Å². The van der Waals surface area contributed by atoms with Gasteiger partial charge in [0.1, 0.15) is 5.75 Å². The van der Waals surface area contributed by atoms with Crippen LogP contribution < -0.4 is 10.1 Å². The molecule has 106 valence electrons. The van der Waals surface area contributed by atoms with Gasteiger partial charge in [-0.3, -0.25) is 10.1 Å². The summed E-state index contributed by atoms with van der Waals surface area (Å²) in [7, 11) is 1.57. The fraction of sp³-hybridized carbons (Fsp3) is 0.571. The van der Waals surface area contributed by atoms with Gasteiger partial charge in [0.15, 0.2) is 0 Å². The van der Waals surface area contributed by atoms with Gasteiger partial charge in [-0.05, 0) is 17.9 Å². The standard InChI is InChI=1S/C14H22N2O3/c1-5-14(2,3)10-15-9-11-8-12(16(17)18)6-7-13(11)19-4/h6-8,15H,5,9-10H2,1-4H3. The monoisotopic (exact) mass is 266 g/mol. The molecule has 1 aromatic carbocycles. The van der Waals surface area contributed by atoms with Gasteiger partial charge >= 0.3 is 0 Å². The van der Waals surface area contributed by atoms with Crippen LogP contribution in [-0.4, -0.2) is 18.6 Å². The lowest BCUT2D eigenvalue weighted by Crippen LogP contribution is -2.28. The van der Waals surface area contributed by atoms with Crippen molar-refractivity contribution in [2.24, 2.45) is 5.41 Å². The van der Waals surface area contributed by atoms with Crippen LogP contribution in [0.15, 0.2) is 18.2 Å². The zero-order chi connectivity index (χ0) is 14.5. The first-order chi connectivity index (χ1) is 8.89. The highest BCUT2D eigenvalue weighted by molar-refractivity contribution is 5.43. The van der Waals surface area contributed by atoms with Gasteiger partial charge in [-0.1, -0.05) is 20.8 Å². The van der Waals surface area contributed by atoms with E-state index < -0.39 is 0 Å². The molecule has 1 aromatic rings. The molecule has 0 heterocycles. The summed E-state index contributed by atoms with van der Waals surface area (Å²) in [5.41, 5.74) is 1.12. The van der Waals surface area contributed by atoms with E-state index in [0.29, 0.717) is 12.3 Å². The third-order valence-electron chi connectivity index (χ3n) is 3.35. The van der Waals surface area contributed by atoms with Crippen molar-refractivity contribution in [2.75, 3.05) is 13.7 Å². The van der Waals surface area contributed by atoms with Crippen LogP contribution >= 0.6 is 0 Å². The minimum absolute atomic E-state index is 0.0901. The van der Waals surface area contributed by atoms with Crippen LogP contribution in [0.2, 0.25) is 0 Å². The van der Waals surface area contributed by atoms with Crippen LogP contribution in [-0.2, 0) is 6.54 Å². The Morgan fingerprint density at radius 3 is 2.63 bits per heavy atom. The number of ether oxygens (including phenoxy) is 1. The molecule has 0 atom stereocenters. The second-order valence-electron chi connectivity index (χ2n) is 5.37. The van der Waals surface area contributed by atoms with Crippen molar-refractivity contribution >= 4 is 5.69 Å². The van der Waals surface area contributed by atoms with Crippen molar-refractivity contribution in [1.82, 2.24) is 5.32 Å². The summed E-state index contributed by atoms with van der Waals surface area (Å²) in [4.78, 5) is 10.4. The fourth-order valence-electron chi connectivity index (χ4n) is 1.68. The molecule has 5 heteroatoms. The highest BCUT2D eigenvalue weighted by Gasteiger charge is 2.15. The largest absolute Gasteiger partial charge is 0.496 e. The van der Waals surface area contributed by atoms with Crippen LogP contribution in [0.3, 0.4) is 0 Å². The Balaban J connectivity index is 2.75. The maximum Gasteiger partial charge on any atom is 0.270 e. The number of rotatable bonds is 7. The molecule has 0 saturated carbocycles. The quantitative estimate of drug-likeness (QED) is 0.608. The number of nitro benzene ring substituents is 1.